The number of aryl methyl sites for hydroxylation is 1. The molecule has 3 amide bonds. The van der Waals surface area contributed by atoms with Gasteiger partial charge in [-0.15, -0.1) is 0 Å². The third kappa shape index (κ3) is 5.10. The summed E-state index contributed by atoms with van der Waals surface area (Å²) < 4.78 is 25.5. The zero-order valence-corrected chi connectivity index (χ0v) is 21.0. The fourth-order valence-corrected chi connectivity index (χ4v) is 5.51. The second kappa shape index (κ2) is 10.6. The molecule has 3 heterocycles. The summed E-state index contributed by atoms with van der Waals surface area (Å²) in [7, 11) is 0. The van der Waals surface area contributed by atoms with Crippen molar-refractivity contribution in [2.45, 2.75) is 50.5 Å². The Labute approximate surface area is 215 Å². The number of likely N-dealkylation sites (tertiary alicyclic amines) is 1. The molecule has 0 radical (unpaired) electrons. The van der Waals surface area contributed by atoms with E-state index >= 15 is 0 Å². The van der Waals surface area contributed by atoms with E-state index in [2.05, 4.69) is 5.32 Å². The summed E-state index contributed by atoms with van der Waals surface area (Å²) in [6.45, 7) is 3.66. The normalized spacial score (nSPS) is 22.9. The molecule has 0 aliphatic carbocycles. The lowest BCUT2D eigenvalue weighted by Gasteiger charge is -2.44. The van der Waals surface area contributed by atoms with Crippen LogP contribution in [0.4, 0.5) is 4.39 Å². The lowest BCUT2D eigenvalue weighted by molar-refractivity contribution is -0.128. The average Bonchev–Trinajstić information content (AvgIpc) is 3.56. The number of hydrogen-bond acceptors (Lipinski definition) is 5. The van der Waals surface area contributed by atoms with Gasteiger partial charge in [-0.05, 0) is 49.6 Å². The highest BCUT2D eigenvalue weighted by molar-refractivity contribution is 5.99. The molecular weight excluding hydrogens is 477 g/mol. The molecule has 3 saturated heterocycles. The van der Waals surface area contributed by atoms with Gasteiger partial charge in [-0.2, -0.15) is 0 Å². The van der Waals surface area contributed by atoms with Crippen LogP contribution in [-0.4, -0.2) is 78.2 Å². The number of nitrogens with zero attached hydrogens (tertiary/aromatic N) is 2. The van der Waals surface area contributed by atoms with Crippen LogP contribution in [0.5, 0.6) is 0 Å². The minimum Gasteiger partial charge on any atom is -0.376 e. The van der Waals surface area contributed by atoms with E-state index in [4.69, 9.17) is 9.47 Å². The highest BCUT2D eigenvalue weighted by Gasteiger charge is 2.54. The number of benzene rings is 2. The second-order valence-corrected chi connectivity index (χ2v) is 9.95. The van der Waals surface area contributed by atoms with Gasteiger partial charge >= 0.3 is 0 Å². The summed E-state index contributed by atoms with van der Waals surface area (Å²) >= 11 is 0. The first kappa shape index (κ1) is 25.4. The Morgan fingerprint density at radius 1 is 1.08 bits per heavy atom. The molecule has 2 atom stereocenters. The first-order valence-electron chi connectivity index (χ1n) is 12.9. The smallest absolute Gasteiger partial charge is 0.257 e. The van der Waals surface area contributed by atoms with Gasteiger partial charge in [0.2, 0.25) is 5.91 Å². The van der Waals surface area contributed by atoms with Crippen LogP contribution in [0.1, 0.15) is 52.0 Å². The fourth-order valence-electron chi connectivity index (χ4n) is 5.51. The van der Waals surface area contributed by atoms with Gasteiger partial charge in [0.15, 0.2) is 0 Å². The summed E-state index contributed by atoms with van der Waals surface area (Å²) in [4.78, 5) is 43.4. The monoisotopic (exact) mass is 509 g/mol. The van der Waals surface area contributed by atoms with E-state index < -0.39 is 17.6 Å². The fraction of sp³-hybridized carbons (Fsp3) is 0.464. The molecule has 0 saturated carbocycles. The summed E-state index contributed by atoms with van der Waals surface area (Å²) in [5.41, 5.74) is 0.598. The van der Waals surface area contributed by atoms with Crippen LogP contribution in [0, 0.1) is 12.7 Å². The first-order valence-corrected chi connectivity index (χ1v) is 12.9. The van der Waals surface area contributed by atoms with Gasteiger partial charge in [-0.3, -0.25) is 19.3 Å². The lowest BCUT2D eigenvalue weighted by Crippen LogP contribution is -2.60. The van der Waals surface area contributed by atoms with E-state index in [-0.39, 0.29) is 36.0 Å². The predicted molar refractivity (Wildman–Crippen MR) is 133 cm³/mol. The zero-order valence-electron chi connectivity index (χ0n) is 21.0. The van der Waals surface area contributed by atoms with Crippen LogP contribution >= 0.6 is 0 Å². The Kier molecular flexibility index (Phi) is 7.26. The molecule has 3 aliphatic rings. The quantitative estimate of drug-likeness (QED) is 0.670. The molecule has 1 N–H and O–H groups in total. The van der Waals surface area contributed by atoms with E-state index in [0.29, 0.717) is 44.6 Å². The van der Waals surface area contributed by atoms with Gasteiger partial charge in [0.1, 0.15) is 17.6 Å². The number of rotatable bonds is 5. The van der Waals surface area contributed by atoms with Gasteiger partial charge in [-0.25, -0.2) is 4.39 Å². The molecular formula is C28H32FN3O5. The van der Waals surface area contributed by atoms with E-state index in [1.54, 1.807) is 28.0 Å². The van der Waals surface area contributed by atoms with Crippen LogP contribution < -0.4 is 5.32 Å². The Morgan fingerprint density at radius 2 is 1.86 bits per heavy atom. The molecule has 2 aromatic rings. The highest BCUT2D eigenvalue weighted by Crippen LogP contribution is 2.39. The van der Waals surface area contributed by atoms with Crippen molar-refractivity contribution < 1.29 is 28.2 Å². The second-order valence-electron chi connectivity index (χ2n) is 9.95. The van der Waals surface area contributed by atoms with Crippen LogP contribution in [-0.2, 0) is 14.3 Å². The van der Waals surface area contributed by atoms with Crippen molar-refractivity contribution in [3.63, 3.8) is 0 Å². The van der Waals surface area contributed by atoms with Gasteiger partial charge < -0.3 is 19.7 Å². The first-order chi connectivity index (χ1) is 17.9. The third-order valence-corrected chi connectivity index (χ3v) is 7.59. The van der Waals surface area contributed by atoms with Gasteiger partial charge in [0, 0.05) is 50.2 Å². The molecule has 0 bridgehead atoms. The van der Waals surface area contributed by atoms with Crippen LogP contribution in [0.2, 0.25) is 0 Å². The van der Waals surface area contributed by atoms with Crippen molar-refractivity contribution in [1.29, 1.82) is 0 Å². The van der Waals surface area contributed by atoms with Crippen LogP contribution in [0.25, 0.3) is 0 Å². The molecule has 5 rings (SSSR count). The molecule has 9 heteroatoms. The maximum absolute atomic E-state index is 13.9. The molecule has 0 unspecified atom stereocenters. The molecule has 0 aromatic heterocycles. The average molecular weight is 510 g/mol. The Hall–Kier alpha value is -3.30. The molecule has 3 fully saturated rings. The van der Waals surface area contributed by atoms with E-state index in [1.165, 1.54) is 18.2 Å². The number of hydrogen-bond donors (Lipinski definition) is 1. The van der Waals surface area contributed by atoms with E-state index in [9.17, 15) is 18.8 Å². The molecule has 2 aromatic carbocycles. The molecule has 1 spiro atoms. The van der Waals surface area contributed by atoms with Crippen molar-refractivity contribution in [2.75, 3.05) is 32.8 Å². The van der Waals surface area contributed by atoms with Crippen molar-refractivity contribution in [3.05, 3.63) is 71.0 Å². The van der Waals surface area contributed by atoms with Gasteiger partial charge in [-0.1, -0.05) is 24.3 Å². The molecule has 3 aliphatic heterocycles. The number of carbonyl (C=O) groups excluding carboxylic acids is 3. The summed E-state index contributed by atoms with van der Waals surface area (Å²) in [6.07, 6.45) is 2.55. The predicted octanol–water partition coefficient (Wildman–Crippen LogP) is 2.90. The minimum absolute atomic E-state index is 0.0159. The largest absolute Gasteiger partial charge is 0.376 e. The highest BCUT2D eigenvalue weighted by atomic mass is 19.1. The summed E-state index contributed by atoms with van der Waals surface area (Å²) in [5.74, 6) is -1.27. The van der Waals surface area contributed by atoms with Gasteiger partial charge in [0.05, 0.1) is 12.7 Å². The molecule has 8 nitrogen and oxygen atoms in total. The zero-order chi connectivity index (χ0) is 26.0. The number of carbonyl (C=O) groups is 3. The van der Waals surface area contributed by atoms with Gasteiger partial charge in [0.25, 0.3) is 11.8 Å². The summed E-state index contributed by atoms with van der Waals surface area (Å²) in [5, 5.41) is 2.96. The van der Waals surface area contributed by atoms with E-state index in [0.717, 1.165) is 18.4 Å². The van der Waals surface area contributed by atoms with Crippen molar-refractivity contribution in [2.24, 2.45) is 0 Å². The standard InChI is InChI=1S/C28H32FN3O5/c1-19-6-2-3-10-23(19)27(35)32-24(25(33)30-17-22-9-5-15-36-22)18-37-28(32)11-13-31(14-12-28)26(34)20-7-4-8-21(29)16-20/h2-4,6-8,10,16,22,24H,5,9,11-15,17-18H2,1H3,(H,30,33)/t22-,24+/m1/s1. The Bertz CT molecular complexity index is 1170. The van der Waals surface area contributed by atoms with E-state index in [1.807, 2.05) is 19.1 Å². The Morgan fingerprint density at radius 3 is 2.57 bits per heavy atom. The van der Waals surface area contributed by atoms with Crippen molar-refractivity contribution >= 4 is 17.7 Å². The molecule has 196 valence electrons. The topological polar surface area (TPSA) is 88.2 Å². The number of nitrogens with one attached hydrogen (secondary N) is 1. The lowest BCUT2D eigenvalue weighted by atomic mass is 9.95. The van der Waals surface area contributed by atoms with Crippen LogP contribution in [0.15, 0.2) is 48.5 Å². The SMILES string of the molecule is Cc1ccccc1C(=O)N1[C@H](C(=O)NC[C@H]2CCCO2)COC12CCN(C(=O)c1cccc(F)c1)CC2. The minimum atomic E-state index is -1.01. The van der Waals surface area contributed by atoms with Crippen molar-refractivity contribution in [1.82, 2.24) is 15.1 Å². The number of halogens is 1. The maximum Gasteiger partial charge on any atom is 0.257 e. The Balaban J connectivity index is 1.36. The molecule has 37 heavy (non-hydrogen) atoms. The van der Waals surface area contributed by atoms with Crippen LogP contribution in [0.3, 0.4) is 0 Å². The van der Waals surface area contributed by atoms with Crippen molar-refractivity contribution in [3.8, 4) is 0 Å². The number of piperidine rings is 1. The third-order valence-electron chi connectivity index (χ3n) is 7.59. The maximum atomic E-state index is 13.9. The number of amides is 3. The summed E-state index contributed by atoms with van der Waals surface area (Å²) in [6, 6.07) is 12.1. The number of ether oxygens (including phenoxy) is 2.